The van der Waals surface area contributed by atoms with Crippen LogP contribution in [0, 0.1) is 15.9 Å². The molecular formula is C25H24FN5O5. The van der Waals surface area contributed by atoms with Gasteiger partial charge in [0.1, 0.15) is 5.82 Å². The highest BCUT2D eigenvalue weighted by Gasteiger charge is 2.20. The number of nitro groups is 1. The van der Waals surface area contributed by atoms with Gasteiger partial charge in [-0.15, -0.1) is 0 Å². The molecule has 2 heterocycles. The molecule has 1 fully saturated rings. The van der Waals surface area contributed by atoms with E-state index in [1.54, 1.807) is 19.2 Å². The molecule has 0 saturated carbocycles. The third-order valence-electron chi connectivity index (χ3n) is 5.37. The number of nitro benzene ring substituents is 1. The van der Waals surface area contributed by atoms with Gasteiger partial charge in [-0.1, -0.05) is 18.2 Å². The highest BCUT2D eigenvalue weighted by Crippen LogP contribution is 2.32. The van der Waals surface area contributed by atoms with Crippen LogP contribution in [0.15, 0.2) is 54.7 Å². The van der Waals surface area contributed by atoms with Gasteiger partial charge in [0.2, 0.25) is 11.8 Å². The molecule has 11 heteroatoms. The number of ether oxygens (including phenoxy) is 2. The number of carbonyl (C=O) groups excluding carboxylic acids is 1. The summed E-state index contributed by atoms with van der Waals surface area (Å²) in [5.74, 6) is -0.483. The first-order valence-corrected chi connectivity index (χ1v) is 11.3. The van der Waals surface area contributed by atoms with Crippen molar-refractivity contribution in [2.45, 2.75) is 6.92 Å². The lowest BCUT2D eigenvalue weighted by atomic mass is 10.0. The van der Waals surface area contributed by atoms with Crippen LogP contribution in [0.2, 0.25) is 0 Å². The number of carbonyl (C=O) groups is 1. The van der Waals surface area contributed by atoms with Gasteiger partial charge in [0, 0.05) is 42.7 Å². The maximum absolute atomic E-state index is 13.7. The molecule has 1 aromatic heterocycles. The van der Waals surface area contributed by atoms with Crippen molar-refractivity contribution < 1.29 is 23.6 Å². The second-order valence-electron chi connectivity index (χ2n) is 7.79. The molecule has 0 spiro atoms. The minimum Gasteiger partial charge on any atom is -0.463 e. The summed E-state index contributed by atoms with van der Waals surface area (Å²) in [4.78, 5) is 33.1. The van der Waals surface area contributed by atoms with Crippen LogP contribution in [0.3, 0.4) is 0 Å². The summed E-state index contributed by atoms with van der Waals surface area (Å²) in [6, 6.07) is 11.1. The molecule has 186 valence electrons. The van der Waals surface area contributed by atoms with Crippen molar-refractivity contribution in [1.82, 2.24) is 9.97 Å². The van der Waals surface area contributed by atoms with Crippen LogP contribution in [0.25, 0.3) is 17.2 Å². The van der Waals surface area contributed by atoms with Crippen LogP contribution < -0.4 is 10.2 Å². The third kappa shape index (κ3) is 5.99. The van der Waals surface area contributed by atoms with Crippen LogP contribution in [-0.4, -0.2) is 53.8 Å². The van der Waals surface area contributed by atoms with Crippen LogP contribution in [0.4, 0.5) is 27.5 Å². The van der Waals surface area contributed by atoms with Crippen molar-refractivity contribution in [1.29, 1.82) is 0 Å². The number of halogens is 1. The van der Waals surface area contributed by atoms with Crippen molar-refractivity contribution in [2.24, 2.45) is 0 Å². The second kappa shape index (κ2) is 11.4. The molecule has 0 radical (unpaired) electrons. The molecule has 1 saturated heterocycles. The number of benzene rings is 2. The van der Waals surface area contributed by atoms with E-state index in [1.807, 2.05) is 24.3 Å². The fraction of sp³-hybridized carbons (Fsp3) is 0.240. The molecule has 10 nitrogen and oxygen atoms in total. The molecule has 0 aliphatic carbocycles. The number of hydrogen-bond donors (Lipinski definition) is 1. The van der Waals surface area contributed by atoms with Crippen molar-refractivity contribution >= 4 is 35.2 Å². The van der Waals surface area contributed by atoms with Crippen molar-refractivity contribution in [3.05, 3.63) is 76.2 Å². The lowest BCUT2D eigenvalue weighted by molar-refractivity contribution is -0.387. The fourth-order valence-corrected chi connectivity index (χ4v) is 3.68. The second-order valence-corrected chi connectivity index (χ2v) is 7.79. The van der Waals surface area contributed by atoms with Crippen molar-refractivity contribution in [3.63, 3.8) is 0 Å². The monoisotopic (exact) mass is 493 g/mol. The van der Waals surface area contributed by atoms with Gasteiger partial charge < -0.3 is 19.7 Å². The minimum atomic E-state index is -0.923. The van der Waals surface area contributed by atoms with Crippen LogP contribution >= 0.6 is 0 Å². The maximum atomic E-state index is 13.7. The molecule has 0 bridgehead atoms. The van der Waals surface area contributed by atoms with Gasteiger partial charge in [-0.3, -0.25) is 10.1 Å². The number of anilines is 3. The van der Waals surface area contributed by atoms with Gasteiger partial charge >= 0.3 is 11.7 Å². The normalized spacial score (nSPS) is 13.6. The van der Waals surface area contributed by atoms with E-state index in [4.69, 9.17) is 9.47 Å². The summed E-state index contributed by atoms with van der Waals surface area (Å²) in [6.07, 6.45) is 4.71. The van der Waals surface area contributed by atoms with Gasteiger partial charge in [-0.25, -0.2) is 9.78 Å². The van der Waals surface area contributed by atoms with Gasteiger partial charge in [-0.05, 0) is 42.3 Å². The van der Waals surface area contributed by atoms with Crippen molar-refractivity contribution in [2.75, 3.05) is 43.1 Å². The van der Waals surface area contributed by atoms with Crippen LogP contribution in [0.5, 0.6) is 0 Å². The molecule has 3 aromatic rings. The average molecular weight is 493 g/mol. The van der Waals surface area contributed by atoms with E-state index in [1.165, 1.54) is 12.1 Å². The van der Waals surface area contributed by atoms with Gasteiger partial charge in [0.15, 0.2) is 0 Å². The average Bonchev–Trinajstić information content (AvgIpc) is 2.89. The highest BCUT2D eigenvalue weighted by molar-refractivity contribution is 5.87. The van der Waals surface area contributed by atoms with Gasteiger partial charge in [0.25, 0.3) is 0 Å². The molecule has 1 aliphatic heterocycles. The molecule has 0 atom stereocenters. The third-order valence-corrected chi connectivity index (χ3v) is 5.37. The SMILES string of the molecule is CCOC(=O)C=Cc1cccc(-c2cnc(Nc3ccc(F)c([N+](=O)[O-])c3)nc2N2CCOCC2)c1. The fourth-order valence-electron chi connectivity index (χ4n) is 3.68. The van der Waals surface area contributed by atoms with Gasteiger partial charge in [-0.2, -0.15) is 9.37 Å². The number of nitrogens with one attached hydrogen (secondary N) is 1. The van der Waals surface area contributed by atoms with E-state index in [-0.39, 0.29) is 11.6 Å². The zero-order chi connectivity index (χ0) is 25.5. The Hall–Kier alpha value is -4.38. The van der Waals surface area contributed by atoms with E-state index in [2.05, 4.69) is 20.2 Å². The first-order chi connectivity index (χ1) is 17.4. The lowest BCUT2D eigenvalue weighted by Crippen LogP contribution is -2.37. The molecule has 4 rings (SSSR count). The predicted molar refractivity (Wildman–Crippen MR) is 133 cm³/mol. The number of aromatic nitrogens is 2. The molecule has 1 N–H and O–H groups in total. The Morgan fingerprint density at radius 1 is 1.28 bits per heavy atom. The van der Waals surface area contributed by atoms with Crippen molar-refractivity contribution in [3.8, 4) is 11.1 Å². The Kier molecular flexibility index (Phi) is 7.81. The summed E-state index contributed by atoms with van der Waals surface area (Å²) in [6.45, 7) is 4.36. The van der Waals surface area contributed by atoms with E-state index in [0.717, 1.165) is 28.8 Å². The smallest absolute Gasteiger partial charge is 0.330 e. The maximum Gasteiger partial charge on any atom is 0.330 e. The highest BCUT2D eigenvalue weighted by atomic mass is 19.1. The molecule has 1 aliphatic rings. The largest absolute Gasteiger partial charge is 0.463 e. The topological polar surface area (TPSA) is 120 Å². The lowest BCUT2D eigenvalue weighted by Gasteiger charge is -2.29. The number of rotatable bonds is 8. The number of morpholine rings is 1. The Balaban J connectivity index is 1.68. The number of nitrogens with zero attached hydrogens (tertiary/aromatic N) is 4. The number of esters is 1. The molecule has 0 unspecified atom stereocenters. The first kappa shape index (κ1) is 24.7. The summed E-state index contributed by atoms with van der Waals surface area (Å²) in [5.41, 5.74) is 2.05. The summed E-state index contributed by atoms with van der Waals surface area (Å²) >= 11 is 0. The Bertz CT molecular complexity index is 1290. The van der Waals surface area contributed by atoms with Crippen LogP contribution in [0.1, 0.15) is 12.5 Å². The molecule has 2 aromatic carbocycles. The van der Waals surface area contributed by atoms with Crippen LogP contribution in [-0.2, 0) is 14.3 Å². The van der Waals surface area contributed by atoms with E-state index in [0.29, 0.717) is 38.7 Å². The van der Waals surface area contributed by atoms with Gasteiger partial charge in [0.05, 0.1) is 24.7 Å². The summed E-state index contributed by atoms with van der Waals surface area (Å²) < 4.78 is 24.1. The summed E-state index contributed by atoms with van der Waals surface area (Å²) in [5, 5.41) is 14.0. The Morgan fingerprint density at radius 3 is 2.83 bits per heavy atom. The zero-order valence-corrected chi connectivity index (χ0v) is 19.5. The quantitative estimate of drug-likeness (QED) is 0.211. The summed E-state index contributed by atoms with van der Waals surface area (Å²) in [7, 11) is 0. The molecular weight excluding hydrogens is 469 g/mol. The minimum absolute atomic E-state index is 0.208. The Morgan fingerprint density at radius 2 is 2.08 bits per heavy atom. The van der Waals surface area contributed by atoms with E-state index < -0.39 is 22.4 Å². The molecule has 36 heavy (non-hydrogen) atoms. The first-order valence-electron chi connectivity index (χ1n) is 11.3. The van der Waals surface area contributed by atoms with E-state index in [9.17, 15) is 19.3 Å². The predicted octanol–water partition coefficient (Wildman–Crippen LogP) is 4.35. The molecule has 0 amide bonds. The zero-order valence-electron chi connectivity index (χ0n) is 19.5. The number of hydrogen-bond acceptors (Lipinski definition) is 9. The Labute approximate surface area is 206 Å². The van der Waals surface area contributed by atoms with E-state index >= 15 is 0 Å². The standard InChI is InChI=1S/C25H24FN5O5/c1-2-36-23(32)9-6-17-4-3-5-18(14-17)20-16-27-25(29-24(20)30-10-12-35-13-11-30)28-19-7-8-21(26)22(15-19)31(33)34/h3-9,14-16H,2,10-13H2,1H3,(H,27,28,29).